The van der Waals surface area contributed by atoms with E-state index >= 15 is 0 Å². The number of allylic oxidation sites excluding steroid dienone is 2. The van der Waals surface area contributed by atoms with E-state index in [1.54, 1.807) is 11.1 Å². The van der Waals surface area contributed by atoms with Gasteiger partial charge in [0.15, 0.2) is 0 Å². The van der Waals surface area contributed by atoms with Crippen molar-refractivity contribution in [2.75, 3.05) is 0 Å². The van der Waals surface area contributed by atoms with Crippen LogP contribution in [-0.2, 0) is 64.2 Å². The van der Waals surface area contributed by atoms with Crippen LogP contribution in [0.1, 0.15) is 105 Å². The van der Waals surface area contributed by atoms with Crippen LogP contribution in [0, 0.1) is 0 Å². The van der Waals surface area contributed by atoms with Crippen LogP contribution in [-0.4, -0.2) is 0 Å². The summed E-state index contributed by atoms with van der Waals surface area (Å²) >= 11 is 0. The molecule has 0 unspecified atom stereocenters. The number of rotatable bonds is 0. The van der Waals surface area contributed by atoms with Gasteiger partial charge in [-0.2, -0.15) is 0 Å². The van der Waals surface area contributed by atoms with Crippen LogP contribution in [0.2, 0.25) is 0 Å². The fraction of sp³-hybridized carbons (Fsp3) is 0.533. The lowest BCUT2D eigenvalue weighted by Gasteiger charge is -2.19. The van der Waals surface area contributed by atoms with E-state index in [2.05, 4.69) is 0 Å². The van der Waals surface area contributed by atoms with Crippen LogP contribution < -0.4 is 0 Å². The van der Waals surface area contributed by atoms with Gasteiger partial charge in [0.25, 0.3) is 0 Å². The van der Waals surface area contributed by atoms with Crippen LogP contribution in [0.25, 0.3) is 11.1 Å². The van der Waals surface area contributed by atoms with Gasteiger partial charge >= 0.3 is 0 Å². The average Bonchev–Trinajstić information content (AvgIpc) is 3.58. The topological polar surface area (TPSA) is 0 Å². The van der Waals surface area contributed by atoms with Gasteiger partial charge in [-0.05, 0) is 181 Å². The predicted molar refractivity (Wildman–Crippen MR) is 124 cm³/mol. The zero-order valence-electron chi connectivity index (χ0n) is 18.3. The summed E-state index contributed by atoms with van der Waals surface area (Å²) in [6.45, 7) is 0. The van der Waals surface area contributed by atoms with Crippen molar-refractivity contribution in [1.82, 2.24) is 0 Å². The number of fused-ring (bicyclic) bond motifs is 12. The minimum absolute atomic E-state index is 1.33. The zero-order valence-corrected chi connectivity index (χ0v) is 18.3. The summed E-state index contributed by atoms with van der Waals surface area (Å²) in [6, 6.07) is 0. The van der Waals surface area contributed by atoms with Crippen LogP contribution in [0.5, 0.6) is 0 Å². The summed E-state index contributed by atoms with van der Waals surface area (Å²) in [7, 11) is 0. The smallest absolute Gasteiger partial charge is 0.0151 e. The monoisotopic (exact) mass is 392 g/mol. The van der Waals surface area contributed by atoms with Gasteiger partial charge in [0, 0.05) is 0 Å². The molecule has 0 aromatic heterocycles. The van der Waals surface area contributed by atoms with Gasteiger partial charge in [-0.1, -0.05) is 0 Å². The van der Waals surface area contributed by atoms with Crippen LogP contribution in [0.3, 0.4) is 0 Å². The molecule has 0 radical (unpaired) electrons. The van der Waals surface area contributed by atoms with Gasteiger partial charge in [0.05, 0.1) is 0 Å². The standard InChI is InChI=1S/C30H32/c1-5-17-19-9-3-11-23(19)29-25(21(17)7-1)13-15-27(29)28-16-14-26-22-8-2-6-18(22)20-10-4-12-24(20)30(26)28/h1-16H2/b28-27+. The van der Waals surface area contributed by atoms with Crippen molar-refractivity contribution in [3.63, 3.8) is 0 Å². The molecule has 0 atom stereocenters. The van der Waals surface area contributed by atoms with E-state index in [0.717, 1.165) is 0 Å². The maximum atomic E-state index is 1.82. The van der Waals surface area contributed by atoms with E-state index in [-0.39, 0.29) is 0 Å². The highest BCUT2D eigenvalue weighted by Gasteiger charge is 2.37. The van der Waals surface area contributed by atoms with Crippen molar-refractivity contribution in [3.05, 3.63) is 66.8 Å². The third-order valence-electron chi connectivity index (χ3n) is 9.75. The number of hydrogen-bond donors (Lipinski definition) is 0. The van der Waals surface area contributed by atoms with Crippen molar-refractivity contribution >= 4 is 11.1 Å². The molecule has 2 aromatic carbocycles. The number of hydrogen-bond acceptors (Lipinski definition) is 0. The highest BCUT2D eigenvalue weighted by molar-refractivity contribution is 5.99. The Bertz CT molecular complexity index is 1050. The maximum Gasteiger partial charge on any atom is -0.0151 e. The van der Waals surface area contributed by atoms with Crippen molar-refractivity contribution in [1.29, 1.82) is 0 Å². The Hall–Kier alpha value is -1.82. The van der Waals surface area contributed by atoms with E-state index in [9.17, 15) is 0 Å². The third-order valence-corrected chi connectivity index (χ3v) is 9.75. The number of benzene rings is 2. The summed E-state index contributed by atoms with van der Waals surface area (Å²) in [5.74, 6) is 0. The SMILES string of the molecule is C1Cc2c3c(c4c(c2C1)CC/C4=C1/CCc2c4c(c5c(c21)CCC5)CCC4)CCC3. The molecule has 0 bridgehead atoms. The van der Waals surface area contributed by atoms with Crippen molar-refractivity contribution < 1.29 is 0 Å². The normalized spacial score (nSPS) is 24.8. The summed E-state index contributed by atoms with van der Waals surface area (Å²) in [5, 5.41) is 0. The van der Waals surface area contributed by atoms with Gasteiger partial charge in [0.2, 0.25) is 0 Å². The summed E-state index contributed by atoms with van der Waals surface area (Å²) in [6.07, 6.45) is 21.9. The molecule has 0 saturated carbocycles. The predicted octanol–water partition coefficient (Wildman–Crippen LogP) is 6.44. The zero-order chi connectivity index (χ0) is 19.4. The fourth-order valence-corrected chi connectivity index (χ4v) is 8.82. The molecule has 8 rings (SSSR count). The molecule has 0 fully saturated rings. The molecule has 0 amide bonds. The van der Waals surface area contributed by atoms with Gasteiger partial charge in [-0.15, -0.1) is 0 Å². The van der Waals surface area contributed by atoms with Gasteiger partial charge in [-0.25, -0.2) is 0 Å². The third kappa shape index (κ3) is 1.95. The Kier molecular flexibility index (Phi) is 3.31. The van der Waals surface area contributed by atoms with Gasteiger partial charge < -0.3 is 0 Å². The summed E-state index contributed by atoms with van der Waals surface area (Å²) in [5.41, 5.74) is 25.4. The second-order valence-corrected chi connectivity index (χ2v) is 10.9. The Morgan fingerprint density at radius 2 is 0.500 bits per heavy atom. The Labute approximate surface area is 180 Å². The second-order valence-electron chi connectivity index (χ2n) is 10.9. The maximum absolute atomic E-state index is 1.82. The van der Waals surface area contributed by atoms with E-state index in [1.807, 2.05) is 66.8 Å². The molecule has 0 spiro atoms. The molecule has 0 N–H and O–H groups in total. The molecule has 0 heteroatoms. The molecule has 0 aliphatic heterocycles. The quantitative estimate of drug-likeness (QED) is 0.484. The van der Waals surface area contributed by atoms with Crippen molar-refractivity contribution in [2.45, 2.75) is 103 Å². The van der Waals surface area contributed by atoms with Crippen LogP contribution in [0.15, 0.2) is 0 Å². The van der Waals surface area contributed by atoms with E-state index < -0.39 is 0 Å². The van der Waals surface area contributed by atoms with Crippen LogP contribution >= 0.6 is 0 Å². The largest absolute Gasteiger partial charge is 0.0451 e. The molecular weight excluding hydrogens is 360 g/mol. The first-order valence-electron chi connectivity index (χ1n) is 13.0. The first-order chi connectivity index (χ1) is 14.9. The Morgan fingerprint density at radius 3 is 0.867 bits per heavy atom. The van der Waals surface area contributed by atoms with E-state index in [4.69, 9.17) is 0 Å². The molecule has 152 valence electrons. The lowest BCUT2D eigenvalue weighted by Crippen LogP contribution is -2.03. The second kappa shape index (κ2) is 5.90. The molecule has 2 aromatic rings. The lowest BCUT2D eigenvalue weighted by atomic mass is 9.85. The van der Waals surface area contributed by atoms with E-state index in [0.29, 0.717) is 0 Å². The molecule has 0 nitrogen and oxygen atoms in total. The van der Waals surface area contributed by atoms with E-state index in [1.165, 1.54) is 103 Å². The highest BCUT2D eigenvalue weighted by atomic mass is 14.4. The lowest BCUT2D eigenvalue weighted by molar-refractivity contribution is 0.885. The van der Waals surface area contributed by atoms with Crippen molar-refractivity contribution in [3.8, 4) is 0 Å². The fourth-order valence-electron chi connectivity index (χ4n) is 8.82. The van der Waals surface area contributed by atoms with Gasteiger partial charge in [-0.3, -0.25) is 0 Å². The Morgan fingerprint density at radius 1 is 0.233 bits per heavy atom. The minimum atomic E-state index is 1.33. The molecule has 30 heavy (non-hydrogen) atoms. The highest BCUT2D eigenvalue weighted by Crippen LogP contribution is 2.53. The van der Waals surface area contributed by atoms with Crippen molar-refractivity contribution in [2.24, 2.45) is 0 Å². The summed E-state index contributed by atoms with van der Waals surface area (Å²) in [4.78, 5) is 0. The van der Waals surface area contributed by atoms with Crippen LogP contribution in [0.4, 0.5) is 0 Å². The van der Waals surface area contributed by atoms with Gasteiger partial charge in [0.1, 0.15) is 0 Å². The summed E-state index contributed by atoms with van der Waals surface area (Å²) < 4.78 is 0. The molecule has 0 saturated heterocycles. The molecular formula is C30H32. The molecule has 0 heterocycles. The molecule has 6 aliphatic carbocycles. The first-order valence-corrected chi connectivity index (χ1v) is 13.0. The first kappa shape index (κ1) is 16.8. The average molecular weight is 393 g/mol. The minimum Gasteiger partial charge on any atom is -0.0451 e. The Balaban J connectivity index is 1.42. The molecule has 6 aliphatic rings.